The van der Waals surface area contributed by atoms with Crippen LogP contribution >= 0.6 is 0 Å². The molecule has 2 amide bonds. The topological polar surface area (TPSA) is 81.4 Å². The zero-order valence-electron chi connectivity index (χ0n) is 21.1. The monoisotopic (exact) mass is 497 g/mol. The molecular formula is C29H31N5O3. The van der Waals surface area contributed by atoms with Crippen LogP contribution in [-0.4, -0.2) is 51.3 Å². The summed E-state index contributed by atoms with van der Waals surface area (Å²) in [6.45, 7) is 3.40. The second-order valence-corrected chi connectivity index (χ2v) is 9.25. The molecule has 5 rings (SSSR count). The molecule has 1 fully saturated rings. The Kier molecular flexibility index (Phi) is 7.07. The SMILES string of the molecule is COc1ccc(CNC(=O)C2CCN(C(=O)c3c(C)nn(-c4ccccc4)c3-n3cccc3)CC2)cc1. The molecule has 1 aliphatic heterocycles. The number of carbonyl (C=O) groups is 2. The van der Waals surface area contributed by atoms with Crippen molar-refractivity contribution in [3.8, 4) is 17.3 Å². The molecule has 0 saturated carbocycles. The van der Waals surface area contributed by atoms with Gasteiger partial charge in [0, 0.05) is 37.9 Å². The number of hydrogen-bond donors (Lipinski definition) is 1. The first-order chi connectivity index (χ1) is 18.0. The maximum absolute atomic E-state index is 13.8. The van der Waals surface area contributed by atoms with Gasteiger partial charge in [0.15, 0.2) is 5.82 Å². The van der Waals surface area contributed by atoms with Crippen molar-refractivity contribution >= 4 is 11.8 Å². The molecule has 4 aromatic rings. The standard InChI is InChI=1S/C29H31N5O3/c1-21-26(28(32-16-6-7-17-32)34(31-21)24-8-4-3-5-9-24)29(36)33-18-14-23(15-19-33)27(35)30-20-22-10-12-25(37-2)13-11-22/h3-13,16-17,23H,14-15,18-20H2,1-2H3,(H,30,35). The quantitative estimate of drug-likeness (QED) is 0.416. The molecule has 0 spiro atoms. The Balaban J connectivity index is 1.27. The molecule has 1 aliphatic rings. The Morgan fingerprint density at radius 3 is 2.30 bits per heavy atom. The molecule has 0 bridgehead atoms. The van der Waals surface area contributed by atoms with Gasteiger partial charge in [0.25, 0.3) is 5.91 Å². The van der Waals surface area contributed by atoms with E-state index >= 15 is 0 Å². The highest BCUT2D eigenvalue weighted by Gasteiger charge is 2.32. The van der Waals surface area contributed by atoms with Crippen molar-refractivity contribution < 1.29 is 14.3 Å². The van der Waals surface area contributed by atoms with Crippen molar-refractivity contribution in [1.29, 1.82) is 0 Å². The number of hydrogen-bond acceptors (Lipinski definition) is 4. The molecule has 3 heterocycles. The third kappa shape index (κ3) is 5.14. The molecular weight excluding hydrogens is 466 g/mol. The molecule has 0 aliphatic carbocycles. The second-order valence-electron chi connectivity index (χ2n) is 9.25. The molecule has 8 heteroatoms. The van der Waals surface area contributed by atoms with Crippen molar-refractivity contribution in [2.75, 3.05) is 20.2 Å². The Bertz CT molecular complexity index is 1350. The summed E-state index contributed by atoms with van der Waals surface area (Å²) in [4.78, 5) is 28.4. The van der Waals surface area contributed by atoms with Gasteiger partial charge in [-0.3, -0.25) is 9.59 Å². The first-order valence-corrected chi connectivity index (χ1v) is 12.5. The van der Waals surface area contributed by atoms with Gasteiger partial charge in [-0.2, -0.15) is 5.10 Å². The summed E-state index contributed by atoms with van der Waals surface area (Å²) in [5.41, 5.74) is 3.17. The summed E-state index contributed by atoms with van der Waals surface area (Å²) >= 11 is 0. The highest BCUT2D eigenvalue weighted by Crippen LogP contribution is 2.27. The van der Waals surface area contributed by atoms with E-state index < -0.39 is 0 Å². The number of para-hydroxylation sites is 1. The van der Waals surface area contributed by atoms with E-state index in [9.17, 15) is 9.59 Å². The molecule has 0 radical (unpaired) electrons. The number of amides is 2. The summed E-state index contributed by atoms with van der Waals surface area (Å²) < 4.78 is 8.94. The number of benzene rings is 2. The predicted octanol–water partition coefficient (Wildman–Crippen LogP) is 4.15. The van der Waals surface area contributed by atoms with Gasteiger partial charge in [-0.15, -0.1) is 0 Å². The lowest BCUT2D eigenvalue weighted by molar-refractivity contribution is -0.126. The number of nitrogens with one attached hydrogen (secondary N) is 1. The van der Waals surface area contributed by atoms with E-state index in [1.54, 1.807) is 7.11 Å². The van der Waals surface area contributed by atoms with Gasteiger partial charge in [0.05, 0.1) is 18.5 Å². The summed E-state index contributed by atoms with van der Waals surface area (Å²) in [5, 5.41) is 7.78. The summed E-state index contributed by atoms with van der Waals surface area (Å²) in [6, 6.07) is 21.3. The largest absolute Gasteiger partial charge is 0.497 e. The van der Waals surface area contributed by atoms with E-state index in [1.807, 2.05) is 100 Å². The number of likely N-dealkylation sites (tertiary alicyclic amines) is 1. The van der Waals surface area contributed by atoms with Gasteiger partial charge < -0.3 is 19.5 Å². The first-order valence-electron chi connectivity index (χ1n) is 12.5. The number of aromatic nitrogens is 3. The second kappa shape index (κ2) is 10.7. The van der Waals surface area contributed by atoms with E-state index in [2.05, 4.69) is 5.32 Å². The lowest BCUT2D eigenvalue weighted by Gasteiger charge is -2.31. The third-order valence-electron chi connectivity index (χ3n) is 6.88. The molecule has 0 unspecified atom stereocenters. The lowest BCUT2D eigenvalue weighted by atomic mass is 9.95. The van der Waals surface area contributed by atoms with E-state index in [-0.39, 0.29) is 17.7 Å². The third-order valence-corrected chi connectivity index (χ3v) is 6.88. The molecule has 2 aromatic carbocycles. The smallest absolute Gasteiger partial charge is 0.259 e. The van der Waals surface area contributed by atoms with Crippen LogP contribution in [0.2, 0.25) is 0 Å². The fourth-order valence-electron chi connectivity index (χ4n) is 4.81. The van der Waals surface area contributed by atoms with Gasteiger partial charge in [-0.05, 0) is 61.7 Å². The van der Waals surface area contributed by atoms with E-state index in [1.165, 1.54) is 0 Å². The predicted molar refractivity (Wildman–Crippen MR) is 141 cm³/mol. The van der Waals surface area contributed by atoms with Crippen LogP contribution in [-0.2, 0) is 11.3 Å². The zero-order chi connectivity index (χ0) is 25.8. The summed E-state index contributed by atoms with van der Waals surface area (Å²) in [7, 11) is 1.63. The van der Waals surface area contributed by atoms with E-state index in [4.69, 9.17) is 9.84 Å². The van der Waals surface area contributed by atoms with Crippen molar-refractivity contribution in [1.82, 2.24) is 24.6 Å². The lowest BCUT2D eigenvalue weighted by Crippen LogP contribution is -2.43. The number of carbonyl (C=O) groups excluding carboxylic acids is 2. The van der Waals surface area contributed by atoms with Gasteiger partial charge in [0.2, 0.25) is 5.91 Å². The maximum atomic E-state index is 13.8. The highest BCUT2D eigenvalue weighted by molar-refractivity contribution is 5.99. The van der Waals surface area contributed by atoms with Crippen LogP contribution in [0.15, 0.2) is 79.1 Å². The van der Waals surface area contributed by atoms with Crippen molar-refractivity contribution in [2.24, 2.45) is 5.92 Å². The molecule has 1 N–H and O–H groups in total. The van der Waals surface area contributed by atoms with Crippen LogP contribution in [0, 0.1) is 12.8 Å². The molecule has 37 heavy (non-hydrogen) atoms. The number of methoxy groups -OCH3 is 1. The number of rotatable bonds is 7. The molecule has 8 nitrogen and oxygen atoms in total. The van der Waals surface area contributed by atoms with E-state index in [0.29, 0.717) is 43.7 Å². The summed E-state index contributed by atoms with van der Waals surface area (Å²) in [5.74, 6) is 1.37. The van der Waals surface area contributed by atoms with Crippen molar-refractivity contribution in [3.05, 3.63) is 95.9 Å². The van der Waals surface area contributed by atoms with Gasteiger partial charge in [0.1, 0.15) is 11.3 Å². The number of ether oxygens (including phenoxy) is 1. The average molecular weight is 498 g/mol. The molecule has 0 atom stereocenters. The first kappa shape index (κ1) is 24.4. The molecule has 190 valence electrons. The van der Waals surface area contributed by atoms with Crippen LogP contribution in [0.3, 0.4) is 0 Å². The fraction of sp³-hybridized carbons (Fsp3) is 0.276. The van der Waals surface area contributed by atoms with Crippen LogP contribution in [0.5, 0.6) is 5.75 Å². The minimum absolute atomic E-state index is 0.0315. The normalized spacial score (nSPS) is 13.9. The Labute approximate surface area is 216 Å². The molecule has 2 aromatic heterocycles. The minimum Gasteiger partial charge on any atom is -0.497 e. The minimum atomic E-state index is -0.112. The van der Waals surface area contributed by atoms with Gasteiger partial charge in [-0.1, -0.05) is 30.3 Å². The Hall–Kier alpha value is -4.33. The Morgan fingerprint density at radius 1 is 0.973 bits per heavy atom. The van der Waals surface area contributed by atoms with Crippen LogP contribution < -0.4 is 10.1 Å². The highest BCUT2D eigenvalue weighted by atomic mass is 16.5. The van der Waals surface area contributed by atoms with Crippen LogP contribution in [0.4, 0.5) is 0 Å². The number of aryl methyl sites for hydroxylation is 1. The average Bonchev–Trinajstić information content (AvgIpc) is 3.60. The van der Waals surface area contributed by atoms with Crippen molar-refractivity contribution in [2.45, 2.75) is 26.3 Å². The van der Waals surface area contributed by atoms with Gasteiger partial charge >= 0.3 is 0 Å². The summed E-state index contributed by atoms with van der Waals surface area (Å²) in [6.07, 6.45) is 5.11. The molecule has 1 saturated heterocycles. The number of nitrogens with zero attached hydrogens (tertiary/aromatic N) is 4. The fourth-order valence-corrected chi connectivity index (χ4v) is 4.81. The van der Waals surface area contributed by atoms with Crippen LogP contribution in [0.25, 0.3) is 11.5 Å². The van der Waals surface area contributed by atoms with Crippen molar-refractivity contribution in [3.63, 3.8) is 0 Å². The number of piperidine rings is 1. The van der Waals surface area contributed by atoms with E-state index in [0.717, 1.165) is 22.8 Å². The maximum Gasteiger partial charge on any atom is 0.259 e. The van der Waals surface area contributed by atoms with Gasteiger partial charge in [-0.25, -0.2) is 4.68 Å². The zero-order valence-corrected chi connectivity index (χ0v) is 21.1. The van der Waals surface area contributed by atoms with Crippen LogP contribution in [0.1, 0.15) is 34.5 Å². The Morgan fingerprint density at radius 2 is 1.65 bits per heavy atom.